The lowest BCUT2D eigenvalue weighted by Crippen LogP contribution is -2.30. The van der Waals surface area contributed by atoms with Crippen molar-refractivity contribution in [1.29, 1.82) is 0 Å². The van der Waals surface area contributed by atoms with Crippen molar-refractivity contribution < 1.29 is 28.2 Å². The van der Waals surface area contributed by atoms with Gasteiger partial charge >= 0.3 is 6.03 Å². The fourth-order valence-electron chi connectivity index (χ4n) is 3.61. The number of rotatable bonds is 9. The van der Waals surface area contributed by atoms with Crippen molar-refractivity contribution in [3.63, 3.8) is 0 Å². The number of nitrogens with one attached hydrogen (secondary N) is 2. The molecule has 0 atom stereocenters. The summed E-state index contributed by atoms with van der Waals surface area (Å²) in [6, 6.07) is 17.8. The SMILES string of the molecule is CCOc1cc(/C=C2/NC(=O)N(Cc3ccccc3F)C2=O)cc(I)c1OCC(=O)Nc1ccccc1. The van der Waals surface area contributed by atoms with Crippen molar-refractivity contribution in [3.05, 3.63) is 92.9 Å². The van der Waals surface area contributed by atoms with E-state index in [1.165, 1.54) is 24.3 Å². The third-order valence-corrected chi connectivity index (χ3v) is 6.10. The Kier molecular flexibility index (Phi) is 8.39. The van der Waals surface area contributed by atoms with E-state index in [-0.39, 0.29) is 30.3 Å². The average molecular weight is 615 g/mol. The van der Waals surface area contributed by atoms with Crippen molar-refractivity contribution in [1.82, 2.24) is 10.2 Å². The van der Waals surface area contributed by atoms with Gasteiger partial charge < -0.3 is 20.1 Å². The Morgan fingerprint density at radius 1 is 1.08 bits per heavy atom. The molecule has 0 bridgehead atoms. The van der Waals surface area contributed by atoms with Crippen molar-refractivity contribution in [3.8, 4) is 11.5 Å². The van der Waals surface area contributed by atoms with Crippen LogP contribution in [0.15, 0.2) is 72.4 Å². The molecule has 3 aromatic carbocycles. The Morgan fingerprint density at radius 2 is 1.81 bits per heavy atom. The summed E-state index contributed by atoms with van der Waals surface area (Å²) >= 11 is 2.05. The molecule has 37 heavy (non-hydrogen) atoms. The number of imide groups is 1. The second-order valence-corrected chi connectivity index (χ2v) is 9.10. The Hall–Kier alpha value is -3.93. The topological polar surface area (TPSA) is 97.0 Å². The number of hydrogen-bond acceptors (Lipinski definition) is 5. The van der Waals surface area contributed by atoms with Crippen molar-refractivity contribution in [2.45, 2.75) is 13.5 Å². The van der Waals surface area contributed by atoms with E-state index >= 15 is 0 Å². The molecule has 1 saturated heterocycles. The van der Waals surface area contributed by atoms with Crippen LogP contribution < -0.4 is 20.1 Å². The van der Waals surface area contributed by atoms with Crippen LogP contribution in [0.2, 0.25) is 0 Å². The minimum atomic E-state index is -0.636. The number of para-hydroxylation sites is 1. The Morgan fingerprint density at radius 3 is 2.54 bits per heavy atom. The van der Waals surface area contributed by atoms with Crippen molar-refractivity contribution >= 4 is 52.2 Å². The molecule has 1 aliphatic rings. The van der Waals surface area contributed by atoms with Crippen LogP contribution in [0.1, 0.15) is 18.1 Å². The minimum Gasteiger partial charge on any atom is -0.490 e. The first-order valence-electron chi connectivity index (χ1n) is 11.4. The third kappa shape index (κ3) is 6.45. The van der Waals surface area contributed by atoms with E-state index in [1.807, 2.05) is 25.1 Å². The van der Waals surface area contributed by atoms with Crippen LogP contribution in [0.3, 0.4) is 0 Å². The molecule has 0 spiro atoms. The number of hydrogen-bond donors (Lipinski definition) is 2. The van der Waals surface area contributed by atoms with Crippen LogP contribution in [0, 0.1) is 9.39 Å². The highest BCUT2D eigenvalue weighted by atomic mass is 127. The van der Waals surface area contributed by atoms with E-state index < -0.39 is 17.8 Å². The largest absolute Gasteiger partial charge is 0.490 e. The molecule has 3 aromatic rings. The zero-order valence-electron chi connectivity index (χ0n) is 19.8. The highest BCUT2D eigenvalue weighted by molar-refractivity contribution is 14.1. The highest BCUT2D eigenvalue weighted by Gasteiger charge is 2.34. The van der Waals surface area contributed by atoms with Gasteiger partial charge in [0.25, 0.3) is 11.8 Å². The molecular weight excluding hydrogens is 592 g/mol. The molecule has 10 heteroatoms. The molecule has 0 aliphatic carbocycles. The zero-order valence-corrected chi connectivity index (χ0v) is 22.0. The molecule has 0 unspecified atom stereocenters. The van der Waals surface area contributed by atoms with Gasteiger partial charge in [-0.05, 0) is 71.5 Å². The maximum Gasteiger partial charge on any atom is 0.329 e. The monoisotopic (exact) mass is 615 g/mol. The lowest BCUT2D eigenvalue weighted by atomic mass is 10.1. The summed E-state index contributed by atoms with van der Waals surface area (Å²) < 4.78 is 26.2. The number of amides is 4. The lowest BCUT2D eigenvalue weighted by molar-refractivity contribution is -0.123. The van der Waals surface area contributed by atoms with Crippen molar-refractivity contribution in [2.75, 3.05) is 18.5 Å². The number of carbonyl (C=O) groups excluding carboxylic acids is 3. The second kappa shape index (κ2) is 11.9. The number of anilines is 1. The van der Waals surface area contributed by atoms with Crippen LogP contribution in [-0.4, -0.2) is 36.0 Å². The maximum atomic E-state index is 14.0. The molecule has 1 fully saturated rings. The number of nitrogens with zero attached hydrogens (tertiary/aromatic N) is 1. The quantitative estimate of drug-likeness (QED) is 0.202. The molecule has 8 nitrogen and oxygen atoms in total. The first-order valence-corrected chi connectivity index (χ1v) is 12.5. The number of carbonyl (C=O) groups is 3. The molecule has 0 aromatic heterocycles. The fourth-order valence-corrected chi connectivity index (χ4v) is 4.39. The number of ether oxygens (including phenoxy) is 2. The average Bonchev–Trinajstić information content (AvgIpc) is 3.13. The lowest BCUT2D eigenvalue weighted by Gasteiger charge is -2.15. The van der Waals surface area contributed by atoms with Crippen molar-refractivity contribution in [2.24, 2.45) is 0 Å². The molecule has 1 aliphatic heterocycles. The standard InChI is InChI=1S/C27H23FIN3O5/c1-2-36-23-14-17(12-21(29)25(23)37-16-24(33)30-19-9-4-3-5-10-19)13-22-26(34)32(27(35)31-22)15-18-8-6-7-11-20(18)28/h3-14H,2,15-16H2,1H3,(H,30,33)(H,31,35)/b22-13+. The fraction of sp³-hybridized carbons (Fsp3) is 0.148. The van der Waals surface area contributed by atoms with Gasteiger partial charge in [0.1, 0.15) is 11.5 Å². The van der Waals surface area contributed by atoms with E-state index in [2.05, 4.69) is 33.2 Å². The summed E-state index contributed by atoms with van der Waals surface area (Å²) in [4.78, 5) is 38.6. The van der Waals surface area contributed by atoms with Gasteiger partial charge in [0.2, 0.25) is 0 Å². The van der Waals surface area contributed by atoms with E-state index in [0.29, 0.717) is 32.9 Å². The van der Waals surface area contributed by atoms with Crippen LogP contribution >= 0.6 is 22.6 Å². The molecule has 4 rings (SSSR count). The summed E-state index contributed by atoms with van der Waals surface area (Å²) in [7, 11) is 0. The first-order chi connectivity index (χ1) is 17.9. The number of halogens is 2. The van der Waals surface area contributed by atoms with E-state index in [9.17, 15) is 18.8 Å². The maximum absolute atomic E-state index is 14.0. The van der Waals surface area contributed by atoms with Gasteiger partial charge in [-0.3, -0.25) is 14.5 Å². The summed E-state index contributed by atoms with van der Waals surface area (Å²) in [6.45, 7) is 1.74. The van der Waals surface area contributed by atoms with Crippen LogP contribution in [-0.2, 0) is 16.1 Å². The van der Waals surface area contributed by atoms with Crippen LogP contribution in [0.4, 0.5) is 14.9 Å². The molecular formula is C27H23FIN3O5. The van der Waals surface area contributed by atoms with Gasteiger partial charge in [-0.1, -0.05) is 36.4 Å². The molecule has 2 N–H and O–H groups in total. The van der Waals surface area contributed by atoms with Gasteiger partial charge in [-0.25, -0.2) is 9.18 Å². The van der Waals surface area contributed by atoms with E-state index in [0.717, 1.165) is 4.90 Å². The zero-order chi connectivity index (χ0) is 26.4. The van der Waals surface area contributed by atoms with Gasteiger partial charge in [-0.2, -0.15) is 0 Å². The van der Waals surface area contributed by atoms with Gasteiger partial charge in [0, 0.05) is 11.3 Å². The summed E-state index contributed by atoms with van der Waals surface area (Å²) in [5, 5.41) is 5.29. The Labute approximate surface area is 226 Å². The number of urea groups is 1. The van der Waals surface area contributed by atoms with Crippen LogP contribution in [0.25, 0.3) is 6.08 Å². The summed E-state index contributed by atoms with van der Waals surface area (Å²) in [5.74, 6) is -0.627. The number of benzene rings is 3. The Bertz CT molecular complexity index is 1360. The predicted octanol–water partition coefficient (Wildman–Crippen LogP) is 4.94. The predicted molar refractivity (Wildman–Crippen MR) is 144 cm³/mol. The third-order valence-electron chi connectivity index (χ3n) is 5.30. The van der Waals surface area contributed by atoms with Gasteiger partial charge in [0.05, 0.1) is 16.7 Å². The Balaban J connectivity index is 1.50. The van der Waals surface area contributed by atoms with E-state index in [1.54, 1.807) is 30.3 Å². The van der Waals surface area contributed by atoms with Gasteiger partial charge in [0.15, 0.2) is 18.1 Å². The molecule has 0 saturated carbocycles. The summed E-state index contributed by atoms with van der Waals surface area (Å²) in [5.41, 5.74) is 1.52. The summed E-state index contributed by atoms with van der Waals surface area (Å²) in [6.07, 6.45) is 1.51. The highest BCUT2D eigenvalue weighted by Crippen LogP contribution is 2.35. The van der Waals surface area contributed by atoms with Gasteiger partial charge in [-0.15, -0.1) is 0 Å². The molecule has 1 heterocycles. The van der Waals surface area contributed by atoms with Crippen LogP contribution in [0.5, 0.6) is 11.5 Å². The molecule has 0 radical (unpaired) electrons. The first kappa shape index (κ1) is 26.1. The normalized spacial score (nSPS) is 14.0. The van der Waals surface area contributed by atoms with E-state index in [4.69, 9.17) is 9.47 Å². The molecule has 4 amide bonds. The molecule has 190 valence electrons. The minimum absolute atomic E-state index is 0.0514. The second-order valence-electron chi connectivity index (χ2n) is 7.94. The smallest absolute Gasteiger partial charge is 0.329 e.